The van der Waals surface area contributed by atoms with E-state index >= 15 is 0 Å². The minimum absolute atomic E-state index is 0.127. The van der Waals surface area contributed by atoms with Crippen molar-refractivity contribution in [2.75, 3.05) is 0 Å². The van der Waals surface area contributed by atoms with Gasteiger partial charge in [-0.2, -0.15) is 0 Å². The summed E-state index contributed by atoms with van der Waals surface area (Å²) in [5, 5.41) is 0. The number of hydrogen-bond acceptors (Lipinski definition) is 3. The van der Waals surface area contributed by atoms with Crippen LogP contribution < -0.4 is 0 Å². The molecule has 1 atom stereocenters. The predicted octanol–water partition coefficient (Wildman–Crippen LogP) is 2.60. The standard InChI is InChI=1S/C13H16O3/c1-3-7-12(16-10(2)14)13(15)11-8-5-4-6-9-11/h4-6,8-9,12H,3,7H2,1-2H3/t12-/m0/s1. The number of ether oxygens (including phenoxy) is 1. The van der Waals surface area contributed by atoms with Gasteiger partial charge in [-0.1, -0.05) is 43.7 Å². The molecule has 0 unspecified atom stereocenters. The Balaban J connectivity index is 2.78. The van der Waals surface area contributed by atoms with Crippen LogP contribution >= 0.6 is 0 Å². The van der Waals surface area contributed by atoms with E-state index < -0.39 is 12.1 Å². The predicted molar refractivity (Wildman–Crippen MR) is 61.2 cm³/mol. The fourth-order valence-electron chi connectivity index (χ4n) is 1.49. The molecule has 0 saturated carbocycles. The fraction of sp³-hybridized carbons (Fsp3) is 0.385. The first-order valence-electron chi connectivity index (χ1n) is 5.41. The van der Waals surface area contributed by atoms with Crippen molar-refractivity contribution in [3.8, 4) is 0 Å². The summed E-state index contributed by atoms with van der Waals surface area (Å²) >= 11 is 0. The topological polar surface area (TPSA) is 43.4 Å². The van der Waals surface area contributed by atoms with E-state index in [1.54, 1.807) is 24.3 Å². The largest absolute Gasteiger partial charge is 0.454 e. The SMILES string of the molecule is CCC[C@H](OC(C)=O)C(=O)c1ccccc1. The molecule has 1 aromatic carbocycles. The van der Waals surface area contributed by atoms with Gasteiger partial charge in [-0.25, -0.2) is 0 Å². The van der Waals surface area contributed by atoms with Crippen molar-refractivity contribution in [2.45, 2.75) is 32.8 Å². The van der Waals surface area contributed by atoms with Gasteiger partial charge in [0, 0.05) is 12.5 Å². The highest BCUT2D eigenvalue weighted by molar-refractivity contribution is 6.00. The van der Waals surface area contributed by atoms with Gasteiger partial charge in [-0.15, -0.1) is 0 Å². The van der Waals surface area contributed by atoms with Gasteiger partial charge in [0.1, 0.15) is 0 Å². The average molecular weight is 220 g/mol. The summed E-state index contributed by atoms with van der Waals surface area (Å²) in [5.41, 5.74) is 0.585. The Kier molecular flexibility index (Phi) is 4.70. The number of carbonyl (C=O) groups excluding carboxylic acids is 2. The molecule has 0 aliphatic heterocycles. The Bertz CT molecular complexity index is 357. The average Bonchev–Trinajstić information content (AvgIpc) is 2.28. The molecule has 0 bridgehead atoms. The number of hydrogen-bond donors (Lipinski definition) is 0. The molecule has 0 fully saturated rings. The van der Waals surface area contributed by atoms with Crippen molar-refractivity contribution in [3.05, 3.63) is 35.9 Å². The van der Waals surface area contributed by atoms with E-state index in [9.17, 15) is 9.59 Å². The van der Waals surface area contributed by atoms with Gasteiger partial charge in [0.05, 0.1) is 0 Å². The molecule has 0 aliphatic rings. The number of carbonyl (C=O) groups is 2. The van der Waals surface area contributed by atoms with Gasteiger partial charge < -0.3 is 4.74 Å². The molecule has 0 radical (unpaired) electrons. The summed E-state index contributed by atoms with van der Waals surface area (Å²) in [6, 6.07) is 8.90. The minimum atomic E-state index is -0.648. The third kappa shape index (κ3) is 3.50. The molecule has 0 spiro atoms. The molecule has 1 aromatic rings. The van der Waals surface area contributed by atoms with Gasteiger partial charge in [0.25, 0.3) is 0 Å². The zero-order valence-corrected chi connectivity index (χ0v) is 9.60. The van der Waals surface area contributed by atoms with Crippen LogP contribution in [-0.4, -0.2) is 17.9 Å². The highest BCUT2D eigenvalue weighted by Crippen LogP contribution is 2.11. The Morgan fingerprint density at radius 1 is 1.25 bits per heavy atom. The van der Waals surface area contributed by atoms with Crippen molar-refractivity contribution >= 4 is 11.8 Å². The Hall–Kier alpha value is -1.64. The van der Waals surface area contributed by atoms with Crippen LogP contribution in [-0.2, 0) is 9.53 Å². The van der Waals surface area contributed by atoms with E-state index in [2.05, 4.69) is 0 Å². The van der Waals surface area contributed by atoms with E-state index in [1.807, 2.05) is 13.0 Å². The molecule has 0 saturated heterocycles. The lowest BCUT2D eigenvalue weighted by Gasteiger charge is -2.14. The number of rotatable bonds is 5. The van der Waals surface area contributed by atoms with E-state index in [1.165, 1.54) is 6.92 Å². The monoisotopic (exact) mass is 220 g/mol. The molecule has 16 heavy (non-hydrogen) atoms. The number of benzene rings is 1. The van der Waals surface area contributed by atoms with Crippen molar-refractivity contribution in [1.82, 2.24) is 0 Å². The summed E-state index contributed by atoms with van der Waals surface area (Å²) in [4.78, 5) is 22.9. The lowest BCUT2D eigenvalue weighted by Crippen LogP contribution is -2.26. The summed E-state index contributed by atoms with van der Waals surface area (Å²) in [6.07, 6.45) is 0.717. The molecule has 3 heteroatoms. The number of ketones is 1. The van der Waals surface area contributed by atoms with Crippen molar-refractivity contribution in [2.24, 2.45) is 0 Å². The molecule has 0 aromatic heterocycles. The second-order valence-corrected chi connectivity index (χ2v) is 3.62. The maximum absolute atomic E-state index is 12.0. The maximum atomic E-state index is 12.0. The Labute approximate surface area is 95.4 Å². The third-order valence-corrected chi connectivity index (χ3v) is 2.21. The number of Topliss-reactive ketones (excluding diaryl/α,β-unsaturated/α-hetero) is 1. The van der Waals surface area contributed by atoms with Gasteiger partial charge in [0.2, 0.25) is 5.78 Å². The Morgan fingerprint density at radius 3 is 2.38 bits per heavy atom. The van der Waals surface area contributed by atoms with Crippen LogP contribution in [0.15, 0.2) is 30.3 Å². The van der Waals surface area contributed by atoms with E-state index in [-0.39, 0.29) is 5.78 Å². The van der Waals surface area contributed by atoms with Crippen LogP contribution in [0.2, 0.25) is 0 Å². The van der Waals surface area contributed by atoms with Crippen molar-refractivity contribution < 1.29 is 14.3 Å². The Morgan fingerprint density at radius 2 is 1.88 bits per heavy atom. The number of esters is 1. The summed E-state index contributed by atoms with van der Waals surface area (Å²) in [6.45, 7) is 3.27. The second-order valence-electron chi connectivity index (χ2n) is 3.62. The minimum Gasteiger partial charge on any atom is -0.454 e. The van der Waals surface area contributed by atoms with Crippen LogP contribution in [0, 0.1) is 0 Å². The van der Waals surface area contributed by atoms with E-state index in [4.69, 9.17) is 4.74 Å². The smallest absolute Gasteiger partial charge is 0.303 e. The van der Waals surface area contributed by atoms with Gasteiger partial charge in [-0.05, 0) is 6.42 Å². The molecule has 0 N–H and O–H groups in total. The van der Waals surface area contributed by atoms with Gasteiger partial charge in [-0.3, -0.25) is 9.59 Å². The quantitative estimate of drug-likeness (QED) is 0.566. The second kappa shape index (κ2) is 6.05. The molecular formula is C13H16O3. The summed E-state index contributed by atoms with van der Waals surface area (Å²) in [5.74, 6) is -0.541. The zero-order chi connectivity index (χ0) is 12.0. The summed E-state index contributed by atoms with van der Waals surface area (Å²) < 4.78 is 5.02. The molecule has 0 heterocycles. The maximum Gasteiger partial charge on any atom is 0.303 e. The van der Waals surface area contributed by atoms with E-state index in [0.29, 0.717) is 12.0 Å². The van der Waals surface area contributed by atoms with Crippen molar-refractivity contribution in [3.63, 3.8) is 0 Å². The molecule has 86 valence electrons. The fourth-order valence-corrected chi connectivity index (χ4v) is 1.49. The third-order valence-electron chi connectivity index (χ3n) is 2.21. The lowest BCUT2D eigenvalue weighted by atomic mass is 10.0. The highest BCUT2D eigenvalue weighted by Gasteiger charge is 2.21. The normalized spacial score (nSPS) is 11.9. The first-order chi connectivity index (χ1) is 7.65. The molecule has 0 aliphatic carbocycles. The first-order valence-corrected chi connectivity index (χ1v) is 5.41. The van der Waals surface area contributed by atoms with Crippen LogP contribution in [0.25, 0.3) is 0 Å². The first kappa shape index (κ1) is 12.4. The molecule has 1 rings (SSSR count). The van der Waals surface area contributed by atoms with Crippen molar-refractivity contribution in [1.29, 1.82) is 0 Å². The van der Waals surface area contributed by atoms with Crippen LogP contribution in [0.4, 0.5) is 0 Å². The van der Waals surface area contributed by atoms with Gasteiger partial charge in [0.15, 0.2) is 6.10 Å². The molecular weight excluding hydrogens is 204 g/mol. The summed E-state index contributed by atoms with van der Waals surface area (Å²) in [7, 11) is 0. The van der Waals surface area contributed by atoms with E-state index in [0.717, 1.165) is 6.42 Å². The van der Waals surface area contributed by atoms with Crippen LogP contribution in [0.3, 0.4) is 0 Å². The molecule has 3 nitrogen and oxygen atoms in total. The lowest BCUT2D eigenvalue weighted by molar-refractivity contribution is -0.144. The van der Waals surface area contributed by atoms with Gasteiger partial charge >= 0.3 is 5.97 Å². The van der Waals surface area contributed by atoms with Crippen LogP contribution in [0.1, 0.15) is 37.0 Å². The zero-order valence-electron chi connectivity index (χ0n) is 9.60. The highest BCUT2D eigenvalue weighted by atomic mass is 16.5. The van der Waals surface area contributed by atoms with Crippen LogP contribution in [0.5, 0.6) is 0 Å². The molecule has 0 amide bonds.